The van der Waals surface area contributed by atoms with E-state index >= 15 is 0 Å². The zero-order valence-electron chi connectivity index (χ0n) is 25.1. The van der Waals surface area contributed by atoms with Gasteiger partial charge < -0.3 is 15.4 Å². The Morgan fingerprint density at radius 3 is 2.30 bits per heavy atom. The Morgan fingerprint density at radius 1 is 1.00 bits per heavy atom. The molecule has 0 aliphatic heterocycles. The Bertz CT molecular complexity index is 1670. The van der Waals surface area contributed by atoms with Crippen LogP contribution in [0.25, 0.3) is 22.5 Å². The number of urea groups is 1. The second kappa shape index (κ2) is 13.1. The zero-order chi connectivity index (χ0) is 32.4. The van der Waals surface area contributed by atoms with Crippen LogP contribution in [0.2, 0.25) is 5.02 Å². The average Bonchev–Trinajstić information content (AvgIpc) is 3.82. The number of hydrogen-bond donors (Lipinski definition) is 2. The summed E-state index contributed by atoms with van der Waals surface area (Å²) >= 11 is 6.18. The van der Waals surface area contributed by atoms with Gasteiger partial charge in [0.1, 0.15) is 22.8 Å². The number of hydrogen-bond acceptors (Lipinski definition) is 9. The maximum atomic E-state index is 13.8. The molecular formula is C30H32ClF3N10O2. The molecule has 0 bridgehead atoms. The number of methoxy groups -OCH3 is 1. The molecule has 242 valence electrons. The van der Waals surface area contributed by atoms with Gasteiger partial charge in [0.15, 0.2) is 0 Å². The number of carbonyl (C=O) groups is 1. The van der Waals surface area contributed by atoms with E-state index in [9.17, 15) is 18.0 Å². The van der Waals surface area contributed by atoms with Crippen molar-refractivity contribution in [2.24, 2.45) is 13.0 Å². The standard InChI is InChI=1S/C30H32ClF3N10O2/c1-43-16-23(31)26(42-43)25-22(30(32,33)34)15-36-27(41-25)40-20-6-8-21(9-7-20)44(29(45)39-11-17-3-4-17)24-10-5-18(12-35-24)19-13-37-28(46-2)38-14-19/h5,10,12-17,20-21H,3-4,6-9,11H2,1-2H3,(H,39,45)(H,36,40,41)/t20-,21-. The summed E-state index contributed by atoms with van der Waals surface area (Å²) in [6.07, 6.45) is 7.17. The molecule has 0 atom stereocenters. The Morgan fingerprint density at radius 2 is 1.72 bits per heavy atom. The highest BCUT2D eigenvalue weighted by molar-refractivity contribution is 6.32. The summed E-state index contributed by atoms with van der Waals surface area (Å²) in [6, 6.07) is 3.47. The van der Waals surface area contributed by atoms with Crippen molar-refractivity contribution in [1.29, 1.82) is 0 Å². The molecule has 2 N–H and O–H groups in total. The maximum absolute atomic E-state index is 13.8. The number of aromatic nitrogens is 7. The number of ether oxygens (including phenoxy) is 1. The monoisotopic (exact) mass is 656 g/mol. The first-order chi connectivity index (χ1) is 22.1. The van der Waals surface area contributed by atoms with Crippen LogP contribution in [0.3, 0.4) is 0 Å². The Kier molecular flexibility index (Phi) is 8.93. The van der Waals surface area contributed by atoms with Gasteiger partial charge in [-0.2, -0.15) is 18.3 Å². The Balaban J connectivity index is 1.17. The van der Waals surface area contributed by atoms with Gasteiger partial charge in [0.25, 0.3) is 0 Å². The van der Waals surface area contributed by atoms with E-state index in [4.69, 9.17) is 16.3 Å². The lowest BCUT2D eigenvalue weighted by atomic mass is 9.90. The zero-order valence-corrected chi connectivity index (χ0v) is 25.9. The van der Waals surface area contributed by atoms with Crippen LogP contribution in [0.1, 0.15) is 44.1 Å². The highest BCUT2D eigenvalue weighted by Gasteiger charge is 2.37. The molecule has 12 nitrogen and oxygen atoms in total. The molecule has 16 heteroatoms. The lowest BCUT2D eigenvalue weighted by Crippen LogP contribution is -2.49. The maximum Gasteiger partial charge on any atom is 0.420 e. The van der Waals surface area contributed by atoms with Crippen molar-refractivity contribution in [2.75, 3.05) is 23.9 Å². The Labute approximate surface area is 267 Å². The lowest BCUT2D eigenvalue weighted by Gasteiger charge is -2.36. The van der Waals surface area contributed by atoms with E-state index in [0.29, 0.717) is 44.0 Å². The summed E-state index contributed by atoms with van der Waals surface area (Å²) in [7, 11) is 3.06. The molecular weight excluding hydrogens is 625 g/mol. The molecule has 2 aliphatic rings. The van der Waals surface area contributed by atoms with Crippen molar-refractivity contribution in [3.05, 3.63) is 53.7 Å². The predicted octanol–water partition coefficient (Wildman–Crippen LogP) is 5.76. The Hall–Kier alpha value is -4.53. The third-order valence-corrected chi connectivity index (χ3v) is 8.37. The molecule has 2 amide bonds. The van der Waals surface area contributed by atoms with Gasteiger partial charge in [0, 0.05) is 67.8 Å². The van der Waals surface area contributed by atoms with Crippen LogP contribution in [-0.2, 0) is 13.2 Å². The predicted molar refractivity (Wildman–Crippen MR) is 164 cm³/mol. The van der Waals surface area contributed by atoms with E-state index in [1.54, 1.807) is 36.6 Å². The SMILES string of the molecule is COc1ncc(-c2ccc(N(C(=O)NCC3CC3)[C@H]3CC[C@H](Nc4ncc(C(F)(F)F)c(-c5nn(C)cc5Cl)n4)CC3)nc2)cn1. The molecule has 4 heterocycles. The fourth-order valence-corrected chi connectivity index (χ4v) is 5.75. The van der Waals surface area contributed by atoms with Gasteiger partial charge in [0.2, 0.25) is 5.95 Å². The van der Waals surface area contributed by atoms with Crippen LogP contribution in [0.4, 0.5) is 29.7 Å². The van der Waals surface area contributed by atoms with Crippen molar-refractivity contribution in [3.63, 3.8) is 0 Å². The van der Waals surface area contributed by atoms with Crippen molar-refractivity contribution >= 4 is 29.4 Å². The van der Waals surface area contributed by atoms with E-state index < -0.39 is 17.4 Å². The van der Waals surface area contributed by atoms with E-state index in [2.05, 4.69) is 40.7 Å². The summed E-state index contributed by atoms with van der Waals surface area (Å²) in [6.45, 7) is 0.612. The molecule has 0 saturated heterocycles. The molecule has 4 aromatic heterocycles. The smallest absolute Gasteiger partial charge is 0.420 e. The minimum atomic E-state index is -4.69. The number of carbonyl (C=O) groups excluding carboxylic acids is 1. The molecule has 6 rings (SSSR count). The van der Waals surface area contributed by atoms with Gasteiger partial charge in [-0.3, -0.25) is 9.58 Å². The molecule has 0 spiro atoms. The van der Waals surface area contributed by atoms with E-state index in [1.807, 2.05) is 6.07 Å². The van der Waals surface area contributed by atoms with E-state index in [1.165, 1.54) is 18.0 Å². The van der Waals surface area contributed by atoms with Crippen LogP contribution in [0, 0.1) is 5.92 Å². The molecule has 0 aromatic carbocycles. The number of nitrogens with one attached hydrogen (secondary N) is 2. The van der Waals surface area contributed by atoms with Crippen LogP contribution in [0.15, 0.2) is 43.1 Å². The summed E-state index contributed by atoms with van der Waals surface area (Å²) in [5.41, 5.74) is 0.0685. The van der Waals surface area contributed by atoms with Gasteiger partial charge >= 0.3 is 18.2 Å². The third-order valence-electron chi connectivity index (χ3n) is 8.09. The van der Waals surface area contributed by atoms with Gasteiger partial charge in [-0.1, -0.05) is 11.6 Å². The van der Waals surface area contributed by atoms with Crippen LogP contribution < -0.4 is 20.3 Å². The second-order valence-corrected chi connectivity index (χ2v) is 11.9. The molecule has 4 aromatic rings. The van der Waals surface area contributed by atoms with Gasteiger partial charge in [-0.05, 0) is 56.6 Å². The number of halogens is 4. The number of alkyl halides is 3. The molecule has 2 aliphatic carbocycles. The van der Waals surface area contributed by atoms with E-state index in [0.717, 1.165) is 30.2 Å². The number of anilines is 2. The van der Waals surface area contributed by atoms with Crippen molar-refractivity contribution in [1.82, 2.24) is 40.0 Å². The number of rotatable bonds is 9. The normalized spacial score (nSPS) is 18.2. The molecule has 2 fully saturated rings. The molecule has 0 radical (unpaired) electrons. The molecule has 0 unspecified atom stereocenters. The van der Waals surface area contributed by atoms with Crippen LogP contribution in [0.5, 0.6) is 6.01 Å². The van der Waals surface area contributed by atoms with Crippen LogP contribution in [-0.4, -0.2) is 66.5 Å². The minimum absolute atomic E-state index is 0.0481. The van der Waals surface area contributed by atoms with Crippen molar-refractivity contribution in [3.8, 4) is 28.5 Å². The number of aryl methyl sites for hydroxylation is 1. The van der Waals surface area contributed by atoms with E-state index in [-0.39, 0.29) is 40.8 Å². The highest BCUT2D eigenvalue weighted by atomic mass is 35.5. The summed E-state index contributed by atoms with van der Waals surface area (Å²) in [4.78, 5) is 36.3. The highest BCUT2D eigenvalue weighted by Crippen LogP contribution is 2.38. The first-order valence-corrected chi connectivity index (χ1v) is 15.3. The first kappa shape index (κ1) is 31.5. The van der Waals surface area contributed by atoms with Gasteiger partial charge in [0.05, 0.1) is 12.1 Å². The van der Waals surface area contributed by atoms with Crippen molar-refractivity contribution < 1.29 is 22.7 Å². The number of pyridine rings is 1. The fraction of sp³-hybridized carbons (Fsp3) is 0.433. The number of nitrogens with zero attached hydrogens (tertiary/aromatic N) is 8. The third kappa shape index (κ3) is 7.14. The summed E-state index contributed by atoms with van der Waals surface area (Å²) in [5, 5.41) is 10.4. The average molecular weight is 657 g/mol. The van der Waals surface area contributed by atoms with Gasteiger partial charge in [-0.25, -0.2) is 29.7 Å². The number of amides is 2. The quantitative estimate of drug-likeness (QED) is 0.230. The largest absolute Gasteiger partial charge is 0.467 e. The molecule has 46 heavy (non-hydrogen) atoms. The summed E-state index contributed by atoms with van der Waals surface area (Å²) < 4.78 is 47.7. The fourth-order valence-electron chi connectivity index (χ4n) is 5.49. The van der Waals surface area contributed by atoms with Crippen LogP contribution >= 0.6 is 11.6 Å². The first-order valence-electron chi connectivity index (χ1n) is 14.9. The second-order valence-electron chi connectivity index (χ2n) is 11.5. The lowest BCUT2D eigenvalue weighted by molar-refractivity contribution is -0.137. The topological polar surface area (TPSA) is 136 Å². The molecule has 2 saturated carbocycles. The van der Waals surface area contributed by atoms with Crippen molar-refractivity contribution in [2.45, 2.75) is 56.8 Å². The summed E-state index contributed by atoms with van der Waals surface area (Å²) in [5.74, 6) is 1.07. The van der Waals surface area contributed by atoms with Gasteiger partial charge in [-0.15, -0.1) is 0 Å². The minimum Gasteiger partial charge on any atom is -0.467 e.